The van der Waals surface area contributed by atoms with Crippen LogP contribution in [0.3, 0.4) is 0 Å². The molecular weight excluding hydrogens is 184 g/mol. The molecule has 1 heterocycles. The molecule has 0 aromatic heterocycles. The number of benzene rings is 1. The molecule has 1 nitrogen and oxygen atoms in total. The van der Waals surface area contributed by atoms with Gasteiger partial charge in [-0.1, -0.05) is 30.0 Å². The second-order valence-electron chi connectivity index (χ2n) is 4.53. The molecule has 1 heteroatoms. The zero-order valence-corrected chi connectivity index (χ0v) is 8.86. The van der Waals surface area contributed by atoms with Gasteiger partial charge in [-0.2, -0.15) is 0 Å². The highest BCUT2D eigenvalue weighted by molar-refractivity contribution is 5.38. The van der Waals surface area contributed by atoms with E-state index in [0.717, 1.165) is 5.56 Å². The Morgan fingerprint density at radius 2 is 1.93 bits per heavy atom. The third-order valence-electron chi connectivity index (χ3n) is 3.27. The van der Waals surface area contributed by atoms with Gasteiger partial charge in [-0.15, -0.1) is 0 Å². The van der Waals surface area contributed by atoms with Gasteiger partial charge in [0.05, 0.1) is 11.5 Å². The van der Waals surface area contributed by atoms with Gasteiger partial charge in [-0.3, -0.25) is 0 Å². The number of hydrogen-bond acceptors (Lipinski definition) is 1. The summed E-state index contributed by atoms with van der Waals surface area (Å²) in [5.41, 5.74) is 1.31. The van der Waals surface area contributed by atoms with Crippen LogP contribution >= 0.6 is 0 Å². The Kier molecular flexibility index (Phi) is 1.87. The van der Waals surface area contributed by atoms with Crippen LogP contribution in [-0.4, -0.2) is 12.2 Å². The number of rotatable bonds is 1. The molecule has 0 radical (unpaired) electrons. The van der Waals surface area contributed by atoms with Crippen LogP contribution in [-0.2, 0) is 4.74 Å². The first-order valence-electron chi connectivity index (χ1n) is 5.54. The van der Waals surface area contributed by atoms with Gasteiger partial charge in [0.15, 0.2) is 0 Å². The van der Waals surface area contributed by atoms with Gasteiger partial charge in [-0.05, 0) is 31.9 Å². The largest absolute Gasteiger partial charge is 0.368 e. The van der Waals surface area contributed by atoms with Crippen LogP contribution in [0.1, 0.15) is 25.3 Å². The van der Waals surface area contributed by atoms with Crippen molar-refractivity contribution >= 4 is 0 Å². The van der Waals surface area contributed by atoms with E-state index in [2.05, 4.69) is 30.9 Å². The molecular formula is C14H14O. The van der Waals surface area contributed by atoms with Gasteiger partial charge in [0.25, 0.3) is 0 Å². The predicted octanol–water partition coefficient (Wildman–Crippen LogP) is 2.61. The van der Waals surface area contributed by atoms with Crippen LogP contribution in [0.5, 0.6) is 0 Å². The lowest BCUT2D eigenvalue weighted by Crippen LogP contribution is -2.07. The number of epoxide rings is 1. The molecule has 1 aromatic rings. The molecule has 1 aromatic carbocycles. The van der Waals surface area contributed by atoms with Crippen molar-refractivity contribution in [1.82, 2.24) is 0 Å². The molecule has 0 spiro atoms. The lowest BCUT2D eigenvalue weighted by molar-refractivity contribution is 0.340. The van der Waals surface area contributed by atoms with Gasteiger partial charge < -0.3 is 4.74 Å². The zero-order chi connectivity index (χ0) is 10.3. The van der Waals surface area contributed by atoms with Crippen molar-refractivity contribution in [1.29, 1.82) is 0 Å². The molecule has 1 aliphatic carbocycles. The van der Waals surface area contributed by atoms with E-state index in [9.17, 15) is 0 Å². The van der Waals surface area contributed by atoms with E-state index in [1.807, 2.05) is 18.2 Å². The minimum Gasteiger partial charge on any atom is -0.368 e. The van der Waals surface area contributed by atoms with Crippen molar-refractivity contribution in [2.75, 3.05) is 0 Å². The molecule has 1 saturated carbocycles. The molecule has 0 unspecified atom stereocenters. The molecule has 2 atom stereocenters. The van der Waals surface area contributed by atoms with Crippen LogP contribution in [0.25, 0.3) is 0 Å². The monoisotopic (exact) mass is 198 g/mol. The summed E-state index contributed by atoms with van der Waals surface area (Å²) in [6.07, 6.45) is 3.26. The van der Waals surface area contributed by atoms with Crippen LogP contribution in [0, 0.1) is 17.3 Å². The zero-order valence-electron chi connectivity index (χ0n) is 8.86. The van der Waals surface area contributed by atoms with E-state index < -0.39 is 0 Å². The Bertz CT molecular complexity index is 420. The molecule has 76 valence electrons. The molecule has 2 fully saturated rings. The second-order valence-corrected chi connectivity index (χ2v) is 4.53. The summed E-state index contributed by atoms with van der Waals surface area (Å²) in [6, 6.07) is 10.2. The molecule has 0 bridgehead atoms. The van der Waals surface area contributed by atoms with Gasteiger partial charge in [0, 0.05) is 5.56 Å². The van der Waals surface area contributed by atoms with Gasteiger partial charge >= 0.3 is 0 Å². The summed E-state index contributed by atoms with van der Waals surface area (Å²) in [4.78, 5) is 0. The average molecular weight is 198 g/mol. The standard InChI is InChI=1S/C14H14O/c1-11-13(15-11)14(9-10-14)8-7-12-5-3-2-4-6-12/h2-6,11,13H,9-10H2,1H3/t11-,13-/m0/s1. The van der Waals surface area contributed by atoms with E-state index in [4.69, 9.17) is 4.74 Å². The predicted molar refractivity (Wildman–Crippen MR) is 59.3 cm³/mol. The average Bonchev–Trinajstić information content (AvgIpc) is 3.14. The van der Waals surface area contributed by atoms with Crippen molar-refractivity contribution in [3.05, 3.63) is 35.9 Å². The van der Waals surface area contributed by atoms with Gasteiger partial charge in [-0.25, -0.2) is 0 Å². The molecule has 2 aliphatic rings. The fourth-order valence-corrected chi connectivity index (χ4v) is 2.10. The topological polar surface area (TPSA) is 12.5 Å². The van der Waals surface area contributed by atoms with Gasteiger partial charge in [0.2, 0.25) is 0 Å². The summed E-state index contributed by atoms with van der Waals surface area (Å²) in [7, 11) is 0. The maximum absolute atomic E-state index is 5.53. The molecule has 0 N–H and O–H groups in total. The first kappa shape index (κ1) is 9.00. The summed E-state index contributed by atoms with van der Waals surface area (Å²) >= 11 is 0. The Labute approximate surface area is 90.5 Å². The smallest absolute Gasteiger partial charge is 0.100 e. The Balaban J connectivity index is 1.78. The minimum absolute atomic E-state index is 0.204. The van der Waals surface area contributed by atoms with Crippen molar-refractivity contribution in [2.45, 2.75) is 32.0 Å². The van der Waals surface area contributed by atoms with Crippen LogP contribution < -0.4 is 0 Å². The SMILES string of the molecule is C[C@@H]1O[C@@H]1C1(C#Cc2ccccc2)CC1. The summed E-state index contributed by atoms with van der Waals surface area (Å²) in [6.45, 7) is 2.13. The van der Waals surface area contributed by atoms with Crippen molar-refractivity contribution in [3.63, 3.8) is 0 Å². The van der Waals surface area contributed by atoms with Crippen LogP contribution in [0.15, 0.2) is 30.3 Å². The minimum atomic E-state index is 0.204. The summed E-state index contributed by atoms with van der Waals surface area (Å²) in [5.74, 6) is 6.66. The van der Waals surface area contributed by atoms with E-state index in [0.29, 0.717) is 12.2 Å². The lowest BCUT2D eigenvalue weighted by Gasteiger charge is -2.00. The van der Waals surface area contributed by atoms with E-state index >= 15 is 0 Å². The Hall–Kier alpha value is -1.26. The molecule has 0 amide bonds. The third-order valence-corrected chi connectivity index (χ3v) is 3.27. The van der Waals surface area contributed by atoms with E-state index in [1.165, 1.54) is 12.8 Å². The summed E-state index contributed by atoms with van der Waals surface area (Å²) in [5, 5.41) is 0. The fraction of sp³-hybridized carbons (Fsp3) is 0.429. The van der Waals surface area contributed by atoms with Gasteiger partial charge in [0.1, 0.15) is 6.10 Å². The molecule has 1 saturated heterocycles. The highest BCUT2D eigenvalue weighted by Crippen LogP contribution is 2.56. The van der Waals surface area contributed by atoms with E-state index in [1.54, 1.807) is 0 Å². The van der Waals surface area contributed by atoms with Crippen molar-refractivity contribution in [3.8, 4) is 11.8 Å². The number of ether oxygens (including phenoxy) is 1. The first-order chi connectivity index (χ1) is 7.30. The maximum atomic E-state index is 5.53. The van der Waals surface area contributed by atoms with Crippen LogP contribution in [0.4, 0.5) is 0 Å². The second kappa shape index (κ2) is 3.12. The highest BCUT2D eigenvalue weighted by Gasteiger charge is 2.59. The fourth-order valence-electron chi connectivity index (χ4n) is 2.10. The van der Waals surface area contributed by atoms with Crippen molar-refractivity contribution < 1.29 is 4.74 Å². The maximum Gasteiger partial charge on any atom is 0.100 e. The molecule has 1 aliphatic heterocycles. The Morgan fingerprint density at radius 3 is 2.47 bits per heavy atom. The quantitative estimate of drug-likeness (QED) is 0.499. The third kappa shape index (κ3) is 1.66. The Morgan fingerprint density at radius 1 is 1.27 bits per heavy atom. The van der Waals surface area contributed by atoms with Crippen molar-refractivity contribution in [2.24, 2.45) is 5.41 Å². The van der Waals surface area contributed by atoms with Crippen LogP contribution in [0.2, 0.25) is 0 Å². The summed E-state index contributed by atoms with van der Waals surface area (Å²) < 4.78 is 5.53. The lowest BCUT2D eigenvalue weighted by atomic mass is 10.0. The molecule has 15 heavy (non-hydrogen) atoms. The number of hydrogen-bond donors (Lipinski definition) is 0. The first-order valence-corrected chi connectivity index (χ1v) is 5.54. The normalized spacial score (nSPS) is 30.2. The van der Waals surface area contributed by atoms with E-state index in [-0.39, 0.29) is 5.41 Å². The molecule has 3 rings (SSSR count). The highest BCUT2D eigenvalue weighted by atomic mass is 16.6.